The highest BCUT2D eigenvalue weighted by molar-refractivity contribution is 5.26. The van der Waals surface area contributed by atoms with Crippen LogP contribution in [0.5, 0.6) is 5.75 Å². The van der Waals surface area contributed by atoms with Crippen LogP contribution in [0.25, 0.3) is 0 Å². The van der Waals surface area contributed by atoms with Gasteiger partial charge in [0.15, 0.2) is 0 Å². The highest BCUT2D eigenvalue weighted by atomic mass is 16.5. The van der Waals surface area contributed by atoms with E-state index in [2.05, 4.69) is 13.5 Å². The van der Waals surface area contributed by atoms with Gasteiger partial charge in [0.1, 0.15) is 11.9 Å². The number of benzene rings is 1. The summed E-state index contributed by atoms with van der Waals surface area (Å²) in [5.41, 5.74) is 1.24. The summed E-state index contributed by atoms with van der Waals surface area (Å²) < 4.78 is 5.50. The molecule has 0 radical (unpaired) electrons. The molecule has 1 heteroatoms. The lowest BCUT2D eigenvalue weighted by Crippen LogP contribution is -2.06. The van der Waals surface area contributed by atoms with Crippen molar-refractivity contribution in [2.45, 2.75) is 20.0 Å². The van der Waals surface area contributed by atoms with E-state index in [1.807, 2.05) is 31.2 Å². The van der Waals surface area contributed by atoms with Crippen molar-refractivity contribution >= 4 is 0 Å². The predicted molar refractivity (Wildman–Crippen MR) is 51.5 cm³/mol. The molecule has 0 spiro atoms. The number of rotatable bonds is 3. The van der Waals surface area contributed by atoms with Gasteiger partial charge in [-0.1, -0.05) is 30.4 Å². The van der Waals surface area contributed by atoms with E-state index in [-0.39, 0.29) is 6.10 Å². The van der Waals surface area contributed by atoms with Crippen LogP contribution in [-0.4, -0.2) is 6.10 Å². The maximum Gasteiger partial charge on any atom is 0.120 e. The number of ether oxygens (including phenoxy) is 1. The average molecular weight is 162 g/mol. The second-order valence-corrected chi connectivity index (χ2v) is 2.87. The van der Waals surface area contributed by atoms with E-state index in [0.29, 0.717) is 0 Å². The molecule has 1 rings (SSSR count). The van der Waals surface area contributed by atoms with Gasteiger partial charge >= 0.3 is 0 Å². The van der Waals surface area contributed by atoms with E-state index in [1.54, 1.807) is 6.08 Å². The second-order valence-electron chi connectivity index (χ2n) is 2.87. The predicted octanol–water partition coefficient (Wildman–Crippen LogP) is 2.95. The van der Waals surface area contributed by atoms with Gasteiger partial charge in [0.25, 0.3) is 0 Å². The van der Waals surface area contributed by atoms with E-state index >= 15 is 0 Å². The average Bonchev–Trinajstić information content (AvgIpc) is 2.09. The van der Waals surface area contributed by atoms with Gasteiger partial charge in [0, 0.05) is 0 Å². The normalized spacial score (nSPS) is 12.2. The molecule has 1 atom stereocenters. The Bertz CT molecular complexity index is 248. The Morgan fingerprint density at radius 1 is 1.33 bits per heavy atom. The van der Waals surface area contributed by atoms with Crippen molar-refractivity contribution in [3.8, 4) is 5.75 Å². The fourth-order valence-corrected chi connectivity index (χ4v) is 0.880. The summed E-state index contributed by atoms with van der Waals surface area (Å²) >= 11 is 0. The summed E-state index contributed by atoms with van der Waals surface area (Å²) in [6.45, 7) is 7.67. The van der Waals surface area contributed by atoms with Gasteiger partial charge in [-0.3, -0.25) is 0 Å². The van der Waals surface area contributed by atoms with Crippen LogP contribution in [0.3, 0.4) is 0 Å². The fourth-order valence-electron chi connectivity index (χ4n) is 0.880. The molecule has 0 aromatic heterocycles. The summed E-state index contributed by atoms with van der Waals surface area (Å²) in [5, 5.41) is 0. The lowest BCUT2D eigenvalue weighted by molar-refractivity contribution is 0.270. The Labute approximate surface area is 73.7 Å². The monoisotopic (exact) mass is 162 g/mol. The van der Waals surface area contributed by atoms with Crippen molar-refractivity contribution in [3.63, 3.8) is 0 Å². The Morgan fingerprint density at radius 3 is 2.42 bits per heavy atom. The van der Waals surface area contributed by atoms with E-state index in [9.17, 15) is 0 Å². The molecule has 0 saturated carbocycles. The lowest BCUT2D eigenvalue weighted by atomic mass is 10.2. The molecule has 1 unspecified atom stereocenters. The van der Waals surface area contributed by atoms with Crippen molar-refractivity contribution in [2.24, 2.45) is 0 Å². The van der Waals surface area contributed by atoms with E-state index in [1.165, 1.54) is 5.56 Å². The zero-order chi connectivity index (χ0) is 8.97. The van der Waals surface area contributed by atoms with Gasteiger partial charge in [-0.15, -0.1) is 0 Å². The Balaban J connectivity index is 2.64. The number of hydrogen-bond acceptors (Lipinski definition) is 1. The smallest absolute Gasteiger partial charge is 0.120 e. The van der Waals surface area contributed by atoms with Crippen LogP contribution in [0.2, 0.25) is 0 Å². The zero-order valence-electron chi connectivity index (χ0n) is 7.58. The SMILES string of the molecule is C=CC(C)Oc1ccc(C)cc1. The standard InChI is InChI=1S/C11H14O/c1-4-10(3)12-11-7-5-9(2)6-8-11/h4-8,10H,1H2,2-3H3. The topological polar surface area (TPSA) is 9.23 Å². The maximum absolute atomic E-state index is 5.50. The molecule has 1 nitrogen and oxygen atoms in total. The van der Waals surface area contributed by atoms with Crippen LogP contribution < -0.4 is 4.74 Å². The molecule has 0 fully saturated rings. The van der Waals surface area contributed by atoms with Gasteiger partial charge < -0.3 is 4.74 Å². The molecule has 1 aromatic carbocycles. The molecule has 0 aliphatic rings. The molecule has 0 heterocycles. The van der Waals surface area contributed by atoms with Crippen molar-refractivity contribution in [1.29, 1.82) is 0 Å². The first kappa shape index (κ1) is 8.85. The van der Waals surface area contributed by atoms with Gasteiger partial charge in [0.05, 0.1) is 0 Å². The van der Waals surface area contributed by atoms with Crippen molar-refractivity contribution < 1.29 is 4.74 Å². The summed E-state index contributed by atoms with van der Waals surface area (Å²) in [6.07, 6.45) is 1.85. The summed E-state index contributed by atoms with van der Waals surface area (Å²) in [6, 6.07) is 8.00. The first-order valence-corrected chi connectivity index (χ1v) is 4.08. The third-order valence-corrected chi connectivity index (χ3v) is 1.67. The maximum atomic E-state index is 5.50. The molecule has 0 bridgehead atoms. The van der Waals surface area contributed by atoms with Gasteiger partial charge in [-0.2, -0.15) is 0 Å². The fraction of sp³-hybridized carbons (Fsp3) is 0.273. The zero-order valence-corrected chi connectivity index (χ0v) is 7.58. The molecule has 12 heavy (non-hydrogen) atoms. The molecule has 0 saturated heterocycles. The summed E-state index contributed by atoms with van der Waals surface area (Å²) in [4.78, 5) is 0. The molecule has 0 N–H and O–H groups in total. The molecule has 1 aromatic rings. The number of hydrogen-bond donors (Lipinski definition) is 0. The van der Waals surface area contributed by atoms with Gasteiger partial charge in [-0.05, 0) is 26.0 Å². The minimum Gasteiger partial charge on any atom is -0.487 e. The summed E-state index contributed by atoms with van der Waals surface area (Å²) in [7, 11) is 0. The molecule has 0 aliphatic carbocycles. The van der Waals surface area contributed by atoms with Crippen LogP contribution in [0, 0.1) is 6.92 Å². The quantitative estimate of drug-likeness (QED) is 0.621. The molecule has 0 amide bonds. The van der Waals surface area contributed by atoms with E-state index < -0.39 is 0 Å². The van der Waals surface area contributed by atoms with Crippen LogP contribution >= 0.6 is 0 Å². The largest absolute Gasteiger partial charge is 0.487 e. The Morgan fingerprint density at radius 2 is 1.92 bits per heavy atom. The summed E-state index contributed by atoms with van der Waals surface area (Å²) in [5.74, 6) is 0.896. The second kappa shape index (κ2) is 3.96. The van der Waals surface area contributed by atoms with Gasteiger partial charge in [-0.25, -0.2) is 0 Å². The Hall–Kier alpha value is -1.24. The van der Waals surface area contributed by atoms with Crippen LogP contribution in [0.1, 0.15) is 12.5 Å². The van der Waals surface area contributed by atoms with E-state index in [0.717, 1.165) is 5.75 Å². The van der Waals surface area contributed by atoms with Crippen molar-refractivity contribution in [2.75, 3.05) is 0 Å². The third-order valence-electron chi connectivity index (χ3n) is 1.67. The molecular formula is C11H14O. The van der Waals surface area contributed by atoms with Crippen LogP contribution in [0.15, 0.2) is 36.9 Å². The highest BCUT2D eigenvalue weighted by Crippen LogP contribution is 2.13. The molecule has 0 aliphatic heterocycles. The van der Waals surface area contributed by atoms with Crippen molar-refractivity contribution in [1.82, 2.24) is 0 Å². The third kappa shape index (κ3) is 2.42. The van der Waals surface area contributed by atoms with Crippen molar-refractivity contribution in [3.05, 3.63) is 42.5 Å². The lowest BCUT2D eigenvalue weighted by Gasteiger charge is -2.09. The molecule has 64 valence electrons. The van der Waals surface area contributed by atoms with Crippen LogP contribution in [0.4, 0.5) is 0 Å². The highest BCUT2D eigenvalue weighted by Gasteiger charge is 1.96. The van der Waals surface area contributed by atoms with Gasteiger partial charge in [0.2, 0.25) is 0 Å². The molecular weight excluding hydrogens is 148 g/mol. The minimum atomic E-state index is 0.0766. The number of aryl methyl sites for hydroxylation is 1. The van der Waals surface area contributed by atoms with Crippen LogP contribution in [-0.2, 0) is 0 Å². The minimum absolute atomic E-state index is 0.0766. The van der Waals surface area contributed by atoms with E-state index in [4.69, 9.17) is 4.74 Å². The first-order chi connectivity index (χ1) is 5.72. The Kier molecular flexibility index (Phi) is 2.92. The first-order valence-electron chi connectivity index (χ1n) is 4.08.